The quantitative estimate of drug-likeness (QED) is 0.202. The lowest BCUT2D eigenvalue weighted by atomic mass is 9.84. The van der Waals surface area contributed by atoms with Crippen molar-refractivity contribution in [3.8, 4) is 22.9 Å². The van der Waals surface area contributed by atoms with Gasteiger partial charge >= 0.3 is 6.18 Å². The van der Waals surface area contributed by atoms with Crippen LogP contribution in [0.4, 0.5) is 18.9 Å². The fourth-order valence-electron chi connectivity index (χ4n) is 6.06. The van der Waals surface area contributed by atoms with Gasteiger partial charge in [0.15, 0.2) is 5.69 Å². The van der Waals surface area contributed by atoms with E-state index in [0.29, 0.717) is 60.4 Å². The number of amides is 2. The largest absolute Gasteiger partial charge is 0.476 e. The highest BCUT2D eigenvalue weighted by Crippen LogP contribution is 2.38. The maximum Gasteiger partial charge on any atom is 0.416 e. The highest BCUT2D eigenvalue weighted by molar-refractivity contribution is 6.01. The Hall–Kier alpha value is -4.19. The minimum absolute atomic E-state index is 0.0218. The molecule has 2 aliphatic rings. The normalized spacial score (nSPS) is 16.8. The van der Waals surface area contributed by atoms with Gasteiger partial charge < -0.3 is 24.6 Å². The van der Waals surface area contributed by atoms with Crippen LogP contribution in [-0.2, 0) is 11.0 Å². The first-order valence-corrected chi connectivity index (χ1v) is 16.4. The van der Waals surface area contributed by atoms with E-state index < -0.39 is 11.7 Å². The van der Waals surface area contributed by atoms with Crippen LogP contribution in [0.3, 0.4) is 0 Å². The molecule has 47 heavy (non-hydrogen) atoms. The number of benzene rings is 2. The van der Waals surface area contributed by atoms with Crippen molar-refractivity contribution in [3.05, 3.63) is 66.0 Å². The Balaban J connectivity index is 1.17. The minimum Gasteiger partial charge on any atom is -0.476 e. The third-order valence-corrected chi connectivity index (χ3v) is 8.72. The van der Waals surface area contributed by atoms with Crippen molar-refractivity contribution in [1.29, 1.82) is 0 Å². The Morgan fingerprint density at radius 2 is 1.64 bits per heavy atom. The molecule has 5 rings (SSSR count). The number of rotatable bonds is 14. The second-order valence-corrected chi connectivity index (χ2v) is 11.9. The smallest absolute Gasteiger partial charge is 0.416 e. The van der Waals surface area contributed by atoms with Gasteiger partial charge in [0.05, 0.1) is 18.8 Å². The highest BCUT2D eigenvalue weighted by Gasteiger charge is 2.34. The third kappa shape index (κ3) is 8.40. The molecule has 3 aromatic rings. The van der Waals surface area contributed by atoms with E-state index >= 15 is 0 Å². The van der Waals surface area contributed by atoms with Crippen LogP contribution in [0.15, 0.2) is 54.9 Å². The van der Waals surface area contributed by atoms with Crippen LogP contribution in [0.2, 0.25) is 0 Å². The predicted molar refractivity (Wildman–Crippen MR) is 172 cm³/mol. The Morgan fingerprint density at radius 3 is 2.26 bits per heavy atom. The average Bonchev–Trinajstić information content (AvgIpc) is 3.47. The lowest BCUT2D eigenvalue weighted by molar-refractivity contribution is -0.137. The van der Waals surface area contributed by atoms with E-state index in [1.807, 2.05) is 13.8 Å². The van der Waals surface area contributed by atoms with Crippen molar-refractivity contribution in [2.45, 2.75) is 64.6 Å². The number of carbonyl (C=O) groups is 2. The zero-order valence-corrected chi connectivity index (χ0v) is 26.9. The SMILES string of the molecule is CCOc1ncnc(OCC)c1N(CCCCN1CC[C@@H](NC(=O)c2ccccc2-c2ccc(C(F)(F)F)cc2)C1)C(=O)C1CCC1. The number of likely N-dealkylation sites (tertiary alicyclic amines) is 1. The molecule has 0 unspecified atom stereocenters. The molecule has 1 saturated heterocycles. The molecule has 1 aromatic heterocycles. The van der Waals surface area contributed by atoms with Gasteiger partial charge in [-0.25, -0.2) is 0 Å². The van der Waals surface area contributed by atoms with Crippen LogP contribution in [0.25, 0.3) is 11.1 Å². The van der Waals surface area contributed by atoms with Gasteiger partial charge in [-0.05, 0) is 81.8 Å². The summed E-state index contributed by atoms with van der Waals surface area (Å²) in [5.41, 5.74) is 1.31. The van der Waals surface area contributed by atoms with Crippen LogP contribution < -0.4 is 19.7 Å². The summed E-state index contributed by atoms with van der Waals surface area (Å²) in [4.78, 5) is 39.6. The van der Waals surface area contributed by atoms with Crippen molar-refractivity contribution in [2.24, 2.45) is 5.92 Å². The van der Waals surface area contributed by atoms with Crippen molar-refractivity contribution >= 4 is 17.5 Å². The Morgan fingerprint density at radius 1 is 0.957 bits per heavy atom. The summed E-state index contributed by atoms with van der Waals surface area (Å²) >= 11 is 0. The van der Waals surface area contributed by atoms with Gasteiger partial charge in [-0.15, -0.1) is 0 Å². The first-order valence-electron chi connectivity index (χ1n) is 16.4. The maximum atomic E-state index is 13.6. The van der Waals surface area contributed by atoms with Gasteiger partial charge in [0.2, 0.25) is 17.7 Å². The lowest BCUT2D eigenvalue weighted by Gasteiger charge is -2.32. The van der Waals surface area contributed by atoms with E-state index in [2.05, 4.69) is 20.2 Å². The first kappa shape index (κ1) is 34.2. The van der Waals surface area contributed by atoms with Crippen molar-refractivity contribution in [2.75, 3.05) is 44.3 Å². The monoisotopic (exact) mass is 653 g/mol. The fourth-order valence-corrected chi connectivity index (χ4v) is 6.06. The van der Waals surface area contributed by atoms with Gasteiger partial charge in [-0.1, -0.05) is 36.8 Å². The van der Waals surface area contributed by atoms with Crippen LogP contribution >= 0.6 is 0 Å². The molecule has 2 amide bonds. The van der Waals surface area contributed by atoms with Gasteiger partial charge in [0.1, 0.15) is 6.33 Å². The van der Waals surface area contributed by atoms with E-state index in [-0.39, 0.29) is 23.8 Å². The predicted octanol–water partition coefficient (Wildman–Crippen LogP) is 6.38. The maximum absolute atomic E-state index is 13.6. The number of hydrogen-bond acceptors (Lipinski definition) is 7. The van der Waals surface area contributed by atoms with Gasteiger partial charge in [0, 0.05) is 37.2 Å². The molecule has 1 atom stereocenters. The van der Waals surface area contributed by atoms with E-state index in [4.69, 9.17) is 9.47 Å². The molecule has 2 heterocycles. The van der Waals surface area contributed by atoms with E-state index in [1.54, 1.807) is 29.2 Å². The minimum atomic E-state index is -4.42. The van der Waals surface area contributed by atoms with Crippen LogP contribution in [0.1, 0.15) is 68.3 Å². The topological polar surface area (TPSA) is 96.9 Å². The second kappa shape index (κ2) is 15.6. The molecule has 0 radical (unpaired) electrons. The van der Waals surface area contributed by atoms with Gasteiger partial charge in [-0.2, -0.15) is 23.1 Å². The van der Waals surface area contributed by atoms with Crippen molar-refractivity contribution in [3.63, 3.8) is 0 Å². The molecule has 2 aromatic carbocycles. The van der Waals surface area contributed by atoms with Gasteiger partial charge in [-0.3, -0.25) is 9.59 Å². The number of ether oxygens (including phenoxy) is 2. The summed E-state index contributed by atoms with van der Waals surface area (Å²) in [5.74, 6) is 0.464. The fraction of sp³-hybridized carbons (Fsp3) is 0.486. The van der Waals surface area contributed by atoms with E-state index in [1.165, 1.54) is 18.5 Å². The summed E-state index contributed by atoms with van der Waals surface area (Å²) in [6, 6.07) is 11.8. The second-order valence-electron chi connectivity index (χ2n) is 11.9. The first-order chi connectivity index (χ1) is 22.7. The zero-order chi connectivity index (χ0) is 33.4. The molecule has 2 fully saturated rings. The molecule has 1 saturated carbocycles. The molecule has 12 heteroatoms. The number of alkyl halides is 3. The van der Waals surface area contributed by atoms with E-state index in [0.717, 1.165) is 63.7 Å². The van der Waals surface area contributed by atoms with Crippen LogP contribution in [0, 0.1) is 5.92 Å². The molecule has 9 nitrogen and oxygen atoms in total. The number of nitrogens with one attached hydrogen (secondary N) is 1. The zero-order valence-electron chi connectivity index (χ0n) is 26.9. The van der Waals surface area contributed by atoms with E-state index in [9.17, 15) is 22.8 Å². The summed E-state index contributed by atoms with van der Waals surface area (Å²) < 4.78 is 50.7. The molecular formula is C35H42F3N5O4. The Kier molecular flexibility index (Phi) is 11.3. The third-order valence-electron chi connectivity index (χ3n) is 8.72. The number of nitrogens with zero attached hydrogens (tertiary/aromatic N) is 4. The molecule has 1 aliphatic heterocycles. The number of halogens is 3. The van der Waals surface area contributed by atoms with Crippen LogP contribution in [0.5, 0.6) is 11.8 Å². The summed E-state index contributed by atoms with van der Waals surface area (Å²) in [5, 5.41) is 3.12. The lowest BCUT2D eigenvalue weighted by Crippen LogP contribution is -2.40. The average molecular weight is 654 g/mol. The Bertz CT molecular complexity index is 1490. The van der Waals surface area contributed by atoms with Crippen molar-refractivity contribution < 1.29 is 32.2 Å². The van der Waals surface area contributed by atoms with Gasteiger partial charge in [0.25, 0.3) is 5.91 Å². The summed E-state index contributed by atoms with van der Waals surface area (Å²) in [6.45, 7) is 7.34. The Labute approximate surface area is 273 Å². The van der Waals surface area contributed by atoms with Crippen LogP contribution in [-0.4, -0.2) is 72.1 Å². The van der Waals surface area contributed by atoms with Crippen molar-refractivity contribution in [1.82, 2.24) is 20.2 Å². The standard InChI is InChI=1S/C35H42F3N5O4/c1-3-46-32-30(33(47-4-2)40-23-39-32)43(34(45)25-10-9-11-25)20-8-7-19-42-21-18-27(22-42)41-31(44)29-13-6-5-12-28(29)24-14-16-26(17-15-24)35(36,37)38/h5-6,12-17,23,25,27H,3-4,7-11,18-22H2,1-2H3,(H,41,44)/t27-/m1/s1. The number of aromatic nitrogens is 2. The molecule has 0 bridgehead atoms. The number of anilines is 1. The molecule has 1 aliphatic carbocycles. The molecular weight excluding hydrogens is 611 g/mol. The summed E-state index contributed by atoms with van der Waals surface area (Å²) in [7, 11) is 0. The summed E-state index contributed by atoms with van der Waals surface area (Å²) in [6.07, 6.45) is 2.12. The number of hydrogen-bond donors (Lipinski definition) is 1. The molecule has 252 valence electrons. The number of carbonyl (C=O) groups excluding carboxylic acids is 2. The molecule has 1 N–H and O–H groups in total. The number of unbranched alkanes of at least 4 members (excludes halogenated alkanes) is 1. The molecule has 0 spiro atoms. The highest BCUT2D eigenvalue weighted by atomic mass is 19.4.